The van der Waals surface area contributed by atoms with Crippen LogP contribution in [-0.4, -0.2) is 28.1 Å². The molecular weight excluding hydrogens is 342 g/mol. The van der Waals surface area contributed by atoms with Crippen LogP contribution in [-0.2, 0) is 11.3 Å². The van der Waals surface area contributed by atoms with Gasteiger partial charge in [0.2, 0.25) is 17.6 Å². The Labute approximate surface area is 157 Å². The summed E-state index contributed by atoms with van der Waals surface area (Å²) in [5.74, 6) is 1.91. The second-order valence-electron chi connectivity index (χ2n) is 6.75. The van der Waals surface area contributed by atoms with E-state index in [1.807, 2.05) is 60.4 Å². The quantitative estimate of drug-likeness (QED) is 0.687. The average molecular weight is 363 g/mol. The molecule has 0 bridgehead atoms. The van der Waals surface area contributed by atoms with Crippen molar-refractivity contribution in [1.29, 1.82) is 0 Å². The van der Waals surface area contributed by atoms with E-state index in [-0.39, 0.29) is 11.9 Å². The second-order valence-corrected chi connectivity index (χ2v) is 6.75. The summed E-state index contributed by atoms with van der Waals surface area (Å²) in [4.78, 5) is 18.8. The van der Waals surface area contributed by atoms with Crippen molar-refractivity contribution in [2.75, 3.05) is 7.11 Å². The SMILES string of the molecule is COc1cccc(CN2C(=O)CCC2c2nc(-c3cccc(C)c3)no2)c1. The standard InChI is InChI=1S/C21H21N3O3/c1-14-5-3-7-16(11-14)20-22-21(27-23-20)18-9-10-19(25)24(18)13-15-6-4-8-17(12-15)26-2/h3-8,11-12,18H,9-10,13H2,1-2H3. The van der Waals surface area contributed by atoms with Gasteiger partial charge in [0.05, 0.1) is 7.11 Å². The van der Waals surface area contributed by atoms with Crippen LogP contribution in [0.4, 0.5) is 0 Å². The zero-order valence-corrected chi connectivity index (χ0v) is 15.4. The lowest BCUT2D eigenvalue weighted by atomic mass is 10.1. The lowest BCUT2D eigenvalue weighted by Gasteiger charge is -2.22. The third-order valence-electron chi connectivity index (χ3n) is 4.82. The van der Waals surface area contributed by atoms with Gasteiger partial charge in [-0.1, -0.05) is 41.1 Å². The number of rotatable bonds is 5. The minimum atomic E-state index is -0.199. The summed E-state index contributed by atoms with van der Waals surface area (Å²) in [7, 11) is 1.63. The molecule has 1 aliphatic heterocycles. The monoisotopic (exact) mass is 363 g/mol. The highest BCUT2D eigenvalue weighted by Crippen LogP contribution is 2.34. The van der Waals surface area contributed by atoms with Crippen LogP contribution in [0.5, 0.6) is 5.75 Å². The molecule has 2 heterocycles. The van der Waals surface area contributed by atoms with Gasteiger partial charge in [-0.2, -0.15) is 4.98 Å². The van der Waals surface area contributed by atoms with Crippen molar-refractivity contribution in [2.45, 2.75) is 32.4 Å². The van der Waals surface area contributed by atoms with Crippen molar-refractivity contribution < 1.29 is 14.1 Å². The topological polar surface area (TPSA) is 68.5 Å². The van der Waals surface area contributed by atoms with Crippen molar-refractivity contribution >= 4 is 5.91 Å². The van der Waals surface area contributed by atoms with Gasteiger partial charge in [0.1, 0.15) is 11.8 Å². The Morgan fingerprint density at radius 3 is 2.89 bits per heavy atom. The number of hydrogen-bond donors (Lipinski definition) is 0. The molecule has 6 heteroatoms. The van der Waals surface area contributed by atoms with Crippen LogP contribution < -0.4 is 4.74 Å². The number of carbonyl (C=O) groups excluding carboxylic acids is 1. The maximum absolute atomic E-state index is 12.4. The van der Waals surface area contributed by atoms with Crippen molar-refractivity contribution in [3.8, 4) is 17.1 Å². The summed E-state index contributed by atoms with van der Waals surface area (Å²) >= 11 is 0. The number of amides is 1. The van der Waals surface area contributed by atoms with Gasteiger partial charge in [-0.25, -0.2) is 0 Å². The fourth-order valence-corrected chi connectivity index (χ4v) is 3.43. The molecule has 1 amide bonds. The van der Waals surface area contributed by atoms with E-state index in [4.69, 9.17) is 9.26 Å². The summed E-state index contributed by atoms with van der Waals surface area (Å²) in [6.45, 7) is 2.51. The fraction of sp³-hybridized carbons (Fsp3) is 0.286. The van der Waals surface area contributed by atoms with E-state index >= 15 is 0 Å². The molecule has 1 aliphatic rings. The van der Waals surface area contributed by atoms with Gasteiger partial charge < -0.3 is 14.2 Å². The molecule has 6 nitrogen and oxygen atoms in total. The fourth-order valence-electron chi connectivity index (χ4n) is 3.43. The van der Waals surface area contributed by atoms with Crippen LogP contribution in [0, 0.1) is 6.92 Å². The molecule has 1 atom stereocenters. The number of methoxy groups -OCH3 is 1. The third kappa shape index (κ3) is 3.56. The molecule has 3 aromatic rings. The van der Waals surface area contributed by atoms with Gasteiger partial charge >= 0.3 is 0 Å². The van der Waals surface area contributed by atoms with E-state index in [2.05, 4.69) is 10.1 Å². The first kappa shape index (κ1) is 17.3. The van der Waals surface area contributed by atoms with E-state index < -0.39 is 0 Å². The van der Waals surface area contributed by atoms with Crippen molar-refractivity contribution in [1.82, 2.24) is 15.0 Å². The van der Waals surface area contributed by atoms with Gasteiger partial charge in [0.25, 0.3) is 0 Å². The predicted molar refractivity (Wildman–Crippen MR) is 100.0 cm³/mol. The molecule has 2 aromatic carbocycles. The van der Waals surface area contributed by atoms with Crippen LogP contribution in [0.25, 0.3) is 11.4 Å². The molecule has 0 radical (unpaired) electrons. The minimum absolute atomic E-state index is 0.0955. The largest absolute Gasteiger partial charge is 0.497 e. The van der Waals surface area contributed by atoms with Gasteiger partial charge in [-0.05, 0) is 37.1 Å². The highest BCUT2D eigenvalue weighted by molar-refractivity contribution is 5.78. The number of hydrogen-bond acceptors (Lipinski definition) is 5. The van der Waals surface area contributed by atoms with E-state index in [1.165, 1.54) is 0 Å². The van der Waals surface area contributed by atoms with Crippen LogP contribution in [0.3, 0.4) is 0 Å². The van der Waals surface area contributed by atoms with Crippen molar-refractivity contribution in [3.63, 3.8) is 0 Å². The Balaban J connectivity index is 1.58. The number of carbonyl (C=O) groups is 1. The van der Waals surface area contributed by atoms with Crippen LogP contribution >= 0.6 is 0 Å². The molecule has 0 spiro atoms. The molecule has 4 rings (SSSR count). The van der Waals surface area contributed by atoms with E-state index in [9.17, 15) is 4.79 Å². The predicted octanol–water partition coefficient (Wildman–Crippen LogP) is 3.92. The molecule has 0 saturated carbocycles. The molecule has 27 heavy (non-hydrogen) atoms. The molecule has 1 aromatic heterocycles. The van der Waals surface area contributed by atoms with Gasteiger partial charge in [0.15, 0.2) is 0 Å². The molecule has 1 fully saturated rings. The van der Waals surface area contributed by atoms with Crippen molar-refractivity contribution in [2.24, 2.45) is 0 Å². The highest BCUT2D eigenvalue weighted by atomic mass is 16.5. The number of aromatic nitrogens is 2. The Bertz CT molecular complexity index is 967. The molecule has 138 valence electrons. The average Bonchev–Trinajstić information content (AvgIpc) is 3.30. The zero-order valence-electron chi connectivity index (χ0n) is 15.4. The number of benzene rings is 2. The highest BCUT2D eigenvalue weighted by Gasteiger charge is 2.36. The van der Waals surface area contributed by atoms with E-state index in [1.54, 1.807) is 7.11 Å². The molecular formula is C21H21N3O3. The zero-order chi connectivity index (χ0) is 18.8. The first-order chi connectivity index (χ1) is 13.1. The molecule has 1 saturated heterocycles. The number of ether oxygens (including phenoxy) is 1. The molecule has 0 N–H and O–H groups in total. The molecule has 1 unspecified atom stereocenters. The number of aryl methyl sites for hydroxylation is 1. The summed E-state index contributed by atoms with van der Waals surface area (Å²) in [5, 5.41) is 4.12. The number of nitrogens with zero attached hydrogens (tertiary/aromatic N) is 3. The first-order valence-corrected chi connectivity index (χ1v) is 8.97. The Morgan fingerprint density at radius 1 is 1.22 bits per heavy atom. The number of likely N-dealkylation sites (tertiary alicyclic amines) is 1. The summed E-state index contributed by atoms with van der Waals surface area (Å²) in [6, 6.07) is 15.5. The van der Waals surface area contributed by atoms with Crippen LogP contribution in [0.15, 0.2) is 53.1 Å². The Hall–Kier alpha value is -3.15. The van der Waals surface area contributed by atoms with Gasteiger partial charge in [0, 0.05) is 18.5 Å². The van der Waals surface area contributed by atoms with Crippen LogP contribution in [0.1, 0.15) is 35.9 Å². The Kier molecular flexibility index (Phi) is 4.62. The summed E-state index contributed by atoms with van der Waals surface area (Å²) in [5.41, 5.74) is 3.05. The normalized spacial score (nSPS) is 16.7. The van der Waals surface area contributed by atoms with Gasteiger partial charge in [-0.15, -0.1) is 0 Å². The summed E-state index contributed by atoms with van der Waals surface area (Å²) < 4.78 is 10.8. The molecule has 0 aliphatic carbocycles. The maximum Gasteiger partial charge on any atom is 0.249 e. The van der Waals surface area contributed by atoms with E-state index in [0.29, 0.717) is 31.1 Å². The Morgan fingerprint density at radius 2 is 2.07 bits per heavy atom. The lowest BCUT2D eigenvalue weighted by molar-refractivity contribution is -0.130. The van der Waals surface area contributed by atoms with Crippen LogP contribution in [0.2, 0.25) is 0 Å². The second kappa shape index (κ2) is 7.23. The smallest absolute Gasteiger partial charge is 0.249 e. The maximum atomic E-state index is 12.4. The van der Waals surface area contributed by atoms with E-state index in [0.717, 1.165) is 22.4 Å². The van der Waals surface area contributed by atoms with Crippen molar-refractivity contribution in [3.05, 3.63) is 65.5 Å². The third-order valence-corrected chi connectivity index (χ3v) is 4.82. The minimum Gasteiger partial charge on any atom is -0.497 e. The lowest BCUT2D eigenvalue weighted by Crippen LogP contribution is -2.27. The van der Waals surface area contributed by atoms with Gasteiger partial charge in [-0.3, -0.25) is 4.79 Å². The summed E-state index contributed by atoms with van der Waals surface area (Å²) in [6.07, 6.45) is 1.16. The first-order valence-electron chi connectivity index (χ1n) is 8.97.